The highest BCUT2D eigenvalue weighted by Crippen LogP contribution is 2.21. The highest BCUT2D eigenvalue weighted by Gasteiger charge is 2.11. The second-order valence-electron chi connectivity index (χ2n) is 7.68. The summed E-state index contributed by atoms with van der Waals surface area (Å²) >= 11 is 1.33. The Kier molecular flexibility index (Phi) is 7.46. The van der Waals surface area contributed by atoms with Crippen LogP contribution in [0.15, 0.2) is 53.9 Å². The van der Waals surface area contributed by atoms with E-state index >= 15 is 0 Å². The van der Waals surface area contributed by atoms with Crippen molar-refractivity contribution >= 4 is 29.3 Å². The molecule has 0 aliphatic heterocycles. The molecule has 3 aromatic rings. The summed E-state index contributed by atoms with van der Waals surface area (Å²) in [7, 11) is 0. The van der Waals surface area contributed by atoms with Crippen molar-refractivity contribution in [2.75, 3.05) is 11.1 Å². The van der Waals surface area contributed by atoms with Gasteiger partial charge in [0.1, 0.15) is 6.33 Å². The summed E-state index contributed by atoms with van der Waals surface area (Å²) in [5.41, 5.74) is 4.95. The second-order valence-corrected chi connectivity index (χ2v) is 8.63. The van der Waals surface area contributed by atoms with Crippen LogP contribution in [-0.4, -0.2) is 38.4 Å². The summed E-state index contributed by atoms with van der Waals surface area (Å²) < 4.78 is 1.88. The third-order valence-electron chi connectivity index (χ3n) is 4.67. The topological polar surface area (TPSA) is 88.9 Å². The van der Waals surface area contributed by atoms with Gasteiger partial charge in [0.15, 0.2) is 5.16 Å². The third-order valence-corrected chi connectivity index (χ3v) is 5.61. The number of thioether (sulfide) groups is 1. The van der Waals surface area contributed by atoms with Crippen LogP contribution >= 0.6 is 11.8 Å². The minimum absolute atomic E-state index is 0.0175. The van der Waals surface area contributed by atoms with Crippen LogP contribution in [0.1, 0.15) is 30.5 Å². The van der Waals surface area contributed by atoms with Gasteiger partial charge in [-0.2, -0.15) is 0 Å². The molecule has 0 bridgehead atoms. The van der Waals surface area contributed by atoms with Crippen molar-refractivity contribution in [2.24, 2.45) is 0 Å². The molecule has 7 nitrogen and oxygen atoms in total. The smallest absolute Gasteiger partial charge is 0.234 e. The molecule has 0 spiro atoms. The number of carbonyl (C=O) groups excluding carboxylic acids is 2. The van der Waals surface area contributed by atoms with Crippen molar-refractivity contribution in [3.63, 3.8) is 0 Å². The number of aryl methyl sites for hydroxylation is 2. The lowest BCUT2D eigenvalue weighted by molar-refractivity contribution is -0.121. The van der Waals surface area contributed by atoms with Gasteiger partial charge in [-0.25, -0.2) is 0 Å². The van der Waals surface area contributed by atoms with Gasteiger partial charge in [-0.3, -0.25) is 14.2 Å². The first-order chi connectivity index (χ1) is 14.8. The van der Waals surface area contributed by atoms with E-state index in [1.54, 1.807) is 18.5 Å². The first kappa shape index (κ1) is 22.6. The van der Waals surface area contributed by atoms with Crippen molar-refractivity contribution in [3.8, 4) is 5.69 Å². The Bertz CT molecular complexity index is 1060. The Morgan fingerprint density at radius 3 is 2.45 bits per heavy atom. The van der Waals surface area contributed by atoms with Gasteiger partial charge in [0, 0.05) is 17.4 Å². The first-order valence-corrected chi connectivity index (χ1v) is 11.1. The molecule has 0 saturated carbocycles. The van der Waals surface area contributed by atoms with Gasteiger partial charge in [-0.05, 0) is 68.7 Å². The van der Waals surface area contributed by atoms with Crippen molar-refractivity contribution in [1.29, 1.82) is 0 Å². The number of anilines is 1. The Morgan fingerprint density at radius 2 is 1.77 bits per heavy atom. The number of benzene rings is 2. The Balaban J connectivity index is 1.55. The van der Waals surface area contributed by atoms with Gasteiger partial charge in [0.2, 0.25) is 11.8 Å². The van der Waals surface area contributed by atoms with E-state index in [1.807, 2.05) is 36.6 Å². The molecule has 2 aromatic carbocycles. The summed E-state index contributed by atoms with van der Waals surface area (Å²) in [6, 6.07) is 13.6. The van der Waals surface area contributed by atoms with Crippen LogP contribution in [0.4, 0.5) is 5.69 Å². The Labute approximate surface area is 186 Å². The van der Waals surface area contributed by atoms with Crippen LogP contribution in [0, 0.1) is 13.8 Å². The molecule has 0 radical (unpaired) electrons. The van der Waals surface area contributed by atoms with Gasteiger partial charge in [-0.15, -0.1) is 10.2 Å². The SMILES string of the molecule is Cc1ccc(-n2cnnc2SCC(=O)Nc2ccc(CC(=O)NC(C)C)cc2)cc1C. The van der Waals surface area contributed by atoms with Crippen molar-refractivity contribution in [2.45, 2.75) is 45.3 Å². The number of aromatic nitrogens is 3. The highest BCUT2D eigenvalue weighted by molar-refractivity contribution is 7.99. The molecular weight excluding hydrogens is 410 g/mol. The number of hydrogen-bond donors (Lipinski definition) is 2. The fraction of sp³-hybridized carbons (Fsp3) is 0.304. The van der Waals surface area contributed by atoms with Crippen LogP contribution in [0.2, 0.25) is 0 Å². The zero-order valence-electron chi connectivity index (χ0n) is 18.2. The van der Waals surface area contributed by atoms with E-state index in [1.165, 1.54) is 22.9 Å². The van der Waals surface area contributed by atoms with Gasteiger partial charge in [0.05, 0.1) is 12.2 Å². The monoisotopic (exact) mass is 437 g/mol. The quantitative estimate of drug-likeness (QED) is 0.525. The lowest BCUT2D eigenvalue weighted by atomic mass is 10.1. The molecule has 1 aromatic heterocycles. The zero-order valence-corrected chi connectivity index (χ0v) is 19.0. The molecule has 0 aliphatic carbocycles. The van der Waals surface area contributed by atoms with E-state index in [2.05, 4.69) is 46.8 Å². The largest absolute Gasteiger partial charge is 0.354 e. The highest BCUT2D eigenvalue weighted by atomic mass is 32.2. The van der Waals surface area contributed by atoms with Gasteiger partial charge >= 0.3 is 0 Å². The minimum atomic E-state index is -0.134. The molecule has 0 unspecified atom stereocenters. The maximum Gasteiger partial charge on any atom is 0.234 e. The second kappa shape index (κ2) is 10.3. The van der Waals surface area contributed by atoms with Crippen LogP contribution in [-0.2, 0) is 16.0 Å². The molecule has 8 heteroatoms. The molecule has 31 heavy (non-hydrogen) atoms. The first-order valence-electron chi connectivity index (χ1n) is 10.1. The maximum absolute atomic E-state index is 12.4. The molecule has 0 aliphatic rings. The molecule has 0 saturated heterocycles. The number of rotatable bonds is 8. The van der Waals surface area contributed by atoms with E-state index in [4.69, 9.17) is 0 Å². The van der Waals surface area contributed by atoms with Crippen LogP contribution in [0.5, 0.6) is 0 Å². The lowest BCUT2D eigenvalue weighted by Gasteiger charge is -2.10. The molecule has 1 heterocycles. The molecular formula is C23H27N5O2S. The fourth-order valence-electron chi connectivity index (χ4n) is 2.97. The molecule has 162 valence electrons. The van der Waals surface area contributed by atoms with Crippen molar-refractivity contribution in [3.05, 3.63) is 65.5 Å². The standard InChI is InChI=1S/C23H27N5O2S/c1-15(2)25-21(29)12-18-6-8-19(9-7-18)26-22(30)13-31-23-27-24-14-28(23)20-10-5-16(3)17(4)11-20/h5-11,14-15H,12-13H2,1-4H3,(H,25,29)(H,26,30). The molecule has 3 rings (SSSR count). The molecule has 2 N–H and O–H groups in total. The number of nitrogens with zero attached hydrogens (tertiary/aromatic N) is 3. The Morgan fingerprint density at radius 1 is 1.03 bits per heavy atom. The Hall–Kier alpha value is -3.13. The summed E-state index contributed by atoms with van der Waals surface area (Å²) in [6.07, 6.45) is 1.97. The van der Waals surface area contributed by atoms with Crippen molar-refractivity contribution < 1.29 is 9.59 Å². The van der Waals surface area contributed by atoms with Gasteiger partial charge in [-0.1, -0.05) is 30.0 Å². The van der Waals surface area contributed by atoms with Crippen LogP contribution in [0.3, 0.4) is 0 Å². The summed E-state index contributed by atoms with van der Waals surface area (Å²) in [5.74, 6) is 0.0586. The molecule has 0 fully saturated rings. The molecule has 0 atom stereocenters. The third kappa shape index (κ3) is 6.42. The fourth-order valence-corrected chi connectivity index (χ4v) is 3.70. The predicted octanol–water partition coefficient (Wildman–Crippen LogP) is 3.68. The van der Waals surface area contributed by atoms with E-state index in [0.29, 0.717) is 17.3 Å². The predicted molar refractivity (Wildman–Crippen MR) is 124 cm³/mol. The van der Waals surface area contributed by atoms with E-state index in [9.17, 15) is 9.59 Å². The van der Waals surface area contributed by atoms with Gasteiger partial charge in [0.25, 0.3) is 0 Å². The maximum atomic E-state index is 12.4. The summed E-state index contributed by atoms with van der Waals surface area (Å²) in [4.78, 5) is 24.2. The number of carbonyl (C=O) groups is 2. The van der Waals surface area contributed by atoms with E-state index in [-0.39, 0.29) is 23.6 Å². The minimum Gasteiger partial charge on any atom is -0.354 e. The average Bonchev–Trinajstić information content (AvgIpc) is 3.18. The lowest BCUT2D eigenvalue weighted by Crippen LogP contribution is -2.31. The van der Waals surface area contributed by atoms with Crippen LogP contribution < -0.4 is 10.6 Å². The van der Waals surface area contributed by atoms with Gasteiger partial charge < -0.3 is 10.6 Å². The summed E-state index contributed by atoms with van der Waals surface area (Å²) in [5, 5.41) is 14.5. The average molecular weight is 438 g/mol. The zero-order chi connectivity index (χ0) is 22.4. The number of amides is 2. The normalized spacial score (nSPS) is 10.9. The molecule has 2 amide bonds. The number of hydrogen-bond acceptors (Lipinski definition) is 5. The van der Waals surface area contributed by atoms with Crippen LogP contribution in [0.25, 0.3) is 5.69 Å². The number of nitrogens with one attached hydrogen (secondary N) is 2. The van der Waals surface area contributed by atoms with Crippen molar-refractivity contribution in [1.82, 2.24) is 20.1 Å². The summed E-state index contributed by atoms with van der Waals surface area (Å²) in [6.45, 7) is 7.99. The van der Waals surface area contributed by atoms with E-state index < -0.39 is 0 Å². The van der Waals surface area contributed by atoms with E-state index in [0.717, 1.165) is 11.3 Å².